The van der Waals surface area contributed by atoms with Gasteiger partial charge in [0.1, 0.15) is 6.04 Å². The summed E-state index contributed by atoms with van der Waals surface area (Å²) in [6.07, 6.45) is 3.07. The van der Waals surface area contributed by atoms with Crippen LogP contribution < -0.4 is 5.73 Å². The summed E-state index contributed by atoms with van der Waals surface area (Å²) in [6.45, 7) is 6.89. The Balaban J connectivity index is 1.34. The summed E-state index contributed by atoms with van der Waals surface area (Å²) in [6, 6.07) is -1.54. The molecule has 2 saturated heterocycles. The van der Waals surface area contributed by atoms with Gasteiger partial charge in [-0.3, -0.25) is 4.90 Å². The molecule has 2 aliphatic heterocycles. The van der Waals surface area contributed by atoms with E-state index in [-0.39, 0.29) is 31.3 Å². The van der Waals surface area contributed by atoms with Crippen LogP contribution in [-0.4, -0.2) is 64.6 Å². The van der Waals surface area contributed by atoms with Crippen molar-refractivity contribution < 1.29 is 29.1 Å². The number of nitrogens with two attached hydrogens (primary N) is 1. The van der Waals surface area contributed by atoms with Gasteiger partial charge in [0.05, 0.1) is 11.7 Å². The molecule has 0 aromatic heterocycles. The van der Waals surface area contributed by atoms with Crippen molar-refractivity contribution in [3.63, 3.8) is 0 Å². The normalized spacial score (nSPS) is 43.6. The maximum absolute atomic E-state index is 11.6. The molecule has 0 radical (unpaired) electrons. The largest absolute Gasteiger partial charge is 0.480 e. The first-order valence-electron chi connectivity index (χ1n) is 10.4. The fourth-order valence-corrected chi connectivity index (χ4v) is 6.42. The molecule has 28 heavy (non-hydrogen) atoms. The molecule has 0 unspecified atom stereocenters. The van der Waals surface area contributed by atoms with E-state index in [2.05, 4.69) is 20.8 Å². The third kappa shape index (κ3) is 2.85. The molecule has 9 heteroatoms. The summed E-state index contributed by atoms with van der Waals surface area (Å²) in [5.74, 6) is -0.306. The van der Waals surface area contributed by atoms with Crippen LogP contribution in [0.3, 0.4) is 0 Å². The molecular formula is C19H31BN2O6. The average Bonchev–Trinajstić information content (AvgIpc) is 3.11. The van der Waals surface area contributed by atoms with Crippen LogP contribution in [0.5, 0.6) is 0 Å². The number of rotatable bonds is 5. The molecule has 7 atom stereocenters. The Bertz CT molecular complexity index is 675. The molecule has 0 aromatic rings. The molecule has 5 rings (SSSR count). The van der Waals surface area contributed by atoms with E-state index >= 15 is 0 Å². The molecule has 5 aliphatic rings. The van der Waals surface area contributed by atoms with Crippen molar-refractivity contribution in [2.45, 2.75) is 76.6 Å². The highest BCUT2D eigenvalue weighted by Crippen LogP contribution is 2.65. The lowest BCUT2D eigenvalue weighted by atomic mass is 9.43. The predicted molar refractivity (Wildman–Crippen MR) is 102 cm³/mol. The Morgan fingerprint density at radius 3 is 2.57 bits per heavy atom. The van der Waals surface area contributed by atoms with Gasteiger partial charge in [-0.25, -0.2) is 9.59 Å². The van der Waals surface area contributed by atoms with Crippen molar-refractivity contribution >= 4 is 19.2 Å². The van der Waals surface area contributed by atoms with E-state index < -0.39 is 24.1 Å². The summed E-state index contributed by atoms with van der Waals surface area (Å²) >= 11 is 0. The monoisotopic (exact) mass is 394 g/mol. The summed E-state index contributed by atoms with van der Waals surface area (Å²) in [5, 5.41) is 18.7. The zero-order valence-electron chi connectivity index (χ0n) is 16.8. The van der Waals surface area contributed by atoms with Crippen molar-refractivity contribution in [2.24, 2.45) is 28.9 Å². The summed E-state index contributed by atoms with van der Waals surface area (Å²) in [5.41, 5.74) is 6.13. The molecule has 2 bridgehead atoms. The SMILES string of the molecule is CC1(C)[C@@H]2C[C@H]3OB(CCC[C@H]4[C@@H](C(=O)O)N(C(=O)O)C[C@@H]4N)O[C@@]3(C)[C@H]1C2. The summed E-state index contributed by atoms with van der Waals surface area (Å²) in [7, 11) is -0.276. The maximum Gasteiger partial charge on any atom is 0.457 e. The van der Waals surface area contributed by atoms with Crippen LogP contribution in [0.4, 0.5) is 4.79 Å². The molecule has 1 amide bonds. The van der Waals surface area contributed by atoms with Crippen LogP contribution in [0.25, 0.3) is 0 Å². The van der Waals surface area contributed by atoms with Gasteiger partial charge >= 0.3 is 19.2 Å². The van der Waals surface area contributed by atoms with Gasteiger partial charge in [0.15, 0.2) is 0 Å². The molecular weight excluding hydrogens is 363 g/mol. The summed E-state index contributed by atoms with van der Waals surface area (Å²) < 4.78 is 12.6. The number of aliphatic carboxylic acids is 1. The summed E-state index contributed by atoms with van der Waals surface area (Å²) in [4.78, 5) is 23.9. The Labute approximate surface area is 165 Å². The van der Waals surface area contributed by atoms with E-state index in [1.807, 2.05) is 0 Å². The van der Waals surface area contributed by atoms with Crippen LogP contribution in [0, 0.1) is 23.2 Å². The van der Waals surface area contributed by atoms with E-state index in [4.69, 9.17) is 15.0 Å². The first-order chi connectivity index (χ1) is 13.1. The number of nitrogens with zero attached hydrogens (tertiary/aromatic N) is 1. The van der Waals surface area contributed by atoms with Gasteiger partial charge in [0.2, 0.25) is 0 Å². The minimum absolute atomic E-state index is 0.0612. The molecule has 3 aliphatic carbocycles. The van der Waals surface area contributed by atoms with Crippen LogP contribution in [-0.2, 0) is 14.1 Å². The number of hydrogen-bond acceptors (Lipinski definition) is 5. The van der Waals surface area contributed by atoms with Gasteiger partial charge in [-0.15, -0.1) is 0 Å². The molecule has 156 valence electrons. The van der Waals surface area contributed by atoms with E-state index in [9.17, 15) is 19.8 Å². The second-order valence-corrected chi connectivity index (χ2v) is 9.87. The number of hydrogen-bond donors (Lipinski definition) is 3. The Morgan fingerprint density at radius 2 is 1.96 bits per heavy atom. The number of carbonyl (C=O) groups is 2. The zero-order chi connectivity index (χ0) is 20.4. The van der Waals surface area contributed by atoms with Gasteiger partial charge < -0.3 is 25.3 Å². The number of carboxylic acid groups (broad SMARTS) is 2. The molecule has 0 aromatic carbocycles. The van der Waals surface area contributed by atoms with E-state index in [0.29, 0.717) is 36.4 Å². The average molecular weight is 394 g/mol. The number of likely N-dealkylation sites (tertiary alicyclic amines) is 1. The predicted octanol–water partition coefficient (Wildman–Crippen LogP) is 1.89. The van der Waals surface area contributed by atoms with Gasteiger partial charge in [-0.1, -0.05) is 20.3 Å². The number of amides is 1. The van der Waals surface area contributed by atoms with Crippen LogP contribution >= 0.6 is 0 Å². The van der Waals surface area contributed by atoms with Crippen molar-refractivity contribution in [1.82, 2.24) is 4.90 Å². The first kappa shape index (κ1) is 20.0. The lowest BCUT2D eigenvalue weighted by Crippen LogP contribution is -2.65. The molecule has 8 nitrogen and oxygen atoms in total. The molecule has 0 spiro atoms. The molecule has 3 saturated carbocycles. The lowest BCUT2D eigenvalue weighted by Gasteiger charge is -2.64. The van der Waals surface area contributed by atoms with Crippen molar-refractivity contribution in [3.8, 4) is 0 Å². The third-order valence-corrected chi connectivity index (χ3v) is 8.18. The topological polar surface area (TPSA) is 122 Å². The Hall–Kier alpha value is -1.32. The molecule has 5 fully saturated rings. The minimum atomic E-state index is -1.23. The van der Waals surface area contributed by atoms with Gasteiger partial charge in [0, 0.05) is 18.5 Å². The van der Waals surface area contributed by atoms with Gasteiger partial charge in [0.25, 0.3) is 0 Å². The zero-order valence-corrected chi connectivity index (χ0v) is 16.8. The smallest absolute Gasteiger partial charge is 0.457 e. The van der Waals surface area contributed by atoms with Gasteiger partial charge in [-0.2, -0.15) is 0 Å². The van der Waals surface area contributed by atoms with E-state index in [1.54, 1.807) is 0 Å². The molecule has 4 N–H and O–H groups in total. The number of carboxylic acids is 1. The van der Waals surface area contributed by atoms with Crippen LogP contribution in [0.1, 0.15) is 46.5 Å². The highest BCUT2D eigenvalue weighted by Gasteiger charge is 2.67. The van der Waals surface area contributed by atoms with Crippen LogP contribution in [0.2, 0.25) is 6.32 Å². The highest BCUT2D eigenvalue weighted by molar-refractivity contribution is 6.45. The second kappa shape index (κ2) is 6.60. The first-order valence-corrected chi connectivity index (χ1v) is 10.4. The van der Waals surface area contributed by atoms with E-state index in [0.717, 1.165) is 11.3 Å². The minimum Gasteiger partial charge on any atom is -0.480 e. The highest BCUT2D eigenvalue weighted by atomic mass is 16.7. The van der Waals surface area contributed by atoms with E-state index in [1.165, 1.54) is 6.42 Å². The Kier molecular flexibility index (Phi) is 4.71. The third-order valence-electron chi connectivity index (χ3n) is 8.18. The maximum atomic E-state index is 11.6. The van der Waals surface area contributed by atoms with Crippen LogP contribution in [0.15, 0.2) is 0 Å². The second-order valence-electron chi connectivity index (χ2n) is 9.87. The Morgan fingerprint density at radius 1 is 1.25 bits per heavy atom. The van der Waals surface area contributed by atoms with Crippen molar-refractivity contribution in [2.75, 3.05) is 6.54 Å². The lowest BCUT2D eigenvalue weighted by molar-refractivity contribution is -0.199. The fraction of sp³-hybridized carbons (Fsp3) is 0.895. The van der Waals surface area contributed by atoms with Gasteiger partial charge in [-0.05, 0) is 49.8 Å². The van der Waals surface area contributed by atoms with Crippen molar-refractivity contribution in [3.05, 3.63) is 0 Å². The fourth-order valence-electron chi connectivity index (χ4n) is 6.42. The standard InChI is InChI=1S/C19H31BN2O6/c1-18(2)10-7-13(18)19(3)14(8-10)27-20(28-19)6-4-5-11-12(21)9-22(17(25)26)15(11)16(23)24/h10-15H,4-9,21H2,1-3H3,(H,23,24)(H,25,26)/t10-,11+,12-,13-,14+,15-,19-/m0/s1. The van der Waals surface area contributed by atoms with Crippen molar-refractivity contribution in [1.29, 1.82) is 0 Å². The molecule has 2 heterocycles. The quantitative estimate of drug-likeness (QED) is 0.609.